The number of hydrogen-bond acceptors (Lipinski definition) is 25. The number of aliphatic hydroxyl groups excluding tert-OH is 6. The number of Topliss-reactive ketones (excluding diaryl/α,β-unsaturated/α-hetero) is 4. The van der Waals surface area contributed by atoms with Gasteiger partial charge in [-0.2, -0.15) is 0 Å². The zero-order valence-corrected chi connectivity index (χ0v) is 82.1. The molecule has 12 atom stereocenters. The van der Waals surface area contributed by atoms with Crippen molar-refractivity contribution in [1.82, 2.24) is 46.2 Å². The summed E-state index contributed by atoms with van der Waals surface area (Å²) in [6.07, 6.45) is 26.3. The average molecular weight is 1920 g/mol. The molecule has 0 spiro atoms. The van der Waals surface area contributed by atoms with Crippen molar-refractivity contribution < 1.29 is 123 Å². The molecule has 0 aromatic heterocycles. The number of ketones is 4. The Morgan fingerprint density at radius 2 is 0.723 bits per heavy atom. The fraction of sp³-hybridized carbons (Fsp3) is 0.627. The molecule has 0 radical (unpaired) electrons. The fourth-order valence-electron chi connectivity index (χ4n) is 16.3. The minimum Gasteiger partial charge on any atom is -0.507 e. The number of benzene rings is 4. The van der Waals surface area contributed by atoms with E-state index in [0.717, 1.165) is 48.3 Å². The van der Waals surface area contributed by atoms with E-state index >= 15 is 0 Å². The lowest BCUT2D eigenvalue weighted by Crippen LogP contribution is -2.53. The van der Waals surface area contributed by atoms with Gasteiger partial charge in [-0.25, -0.2) is 4.79 Å². The lowest BCUT2D eigenvalue weighted by atomic mass is 9.89. The third-order valence-electron chi connectivity index (χ3n) is 25.3. The van der Waals surface area contributed by atoms with Crippen molar-refractivity contribution in [3.63, 3.8) is 0 Å². The predicted octanol–water partition coefficient (Wildman–Crippen LogP) is 8.96. The number of rotatable bonds is 53. The smallest absolute Gasteiger partial charge is 0.326 e. The first-order valence-electron chi connectivity index (χ1n) is 48.9. The van der Waals surface area contributed by atoms with Gasteiger partial charge in [-0.15, -0.1) is 0 Å². The number of nitrogens with one attached hydrogen (secondary N) is 5. The van der Waals surface area contributed by atoms with E-state index in [1.54, 1.807) is 0 Å². The molecule has 0 saturated heterocycles. The molecule has 4 aromatic carbocycles. The molecule has 6 rings (SSSR count). The summed E-state index contributed by atoms with van der Waals surface area (Å²) in [5.74, 6) is -11.9. The number of fused-ring (bicyclic) bond motifs is 10. The van der Waals surface area contributed by atoms with E-state index in [9.17, 15) is 113 Å². The molecule has 0 saturated carbocycles. The number of hydrogen-bond donors (Lipinski definition) is 17. The number of phenolic OH excluding ortho intramolecular Hbond substituents is 4. The van der Waals surface area contributed by atoms with E-state index in [2.05, 4.69) is 40.4 Å². The zero-order valence-electron chi connectivity index (χ0n) is 82.1. The minimum absolute atomic E-state index is 0.0830. The largest absolute Gasteiger partial charge is 0.507 e. The summed E-state index contributed by atoms with van der Waals surface area (Å²) in [5.41, 5.74) is 6.74. The van der Waals surface area contributed by atoms with E-state index in [4.69, 9.17) is 15.9 Å². The second-order valence-corrected chi connectivity index (χ2v) is 36.5. The molecule has 2 aliphatic rings. The van der Waals surface area contributed by atoms with Gasteiger partial charge in [0, 0.05) is 140 Å². The SMILES string of the molecule is CCCCCCCCCCCCCCCC(=O)N(C)C(CO)C(=O)N[C@H](C)C(=O)CCC(=O)N(C)[C@@H]1C(=O)C[C@@H](C)C(=O)NC(C(=O)NCC(O)CO)Cc2ccc(O)c(c2)-c2cc1ccc2O.CCCCCCCCCCCCCCCC(=O)N(C)C(CO)C(=O)N[C@H](C)C(=O)CCC(=O)N(C)[C@@H]1C(=O)C[C@@H](C)C(=O)NC(C(=O)O)Cc2ccc(O)c(c2)-c2cc1ccc2O.NCC(O)CO. The molecular formula is C102H156N10O25. The van der Waals surface area contributed by atoms with Crippen LogP contribution in [0.2, 0.25) is 0 Å². The van der Waals surface area contributed by atoms with Crippen LogP contribution in [0.15, 0.2) is 72.8 Å². The van der Waals surface area contributed by atoms with Gasteiger partial charge in [-0.05, 0) is 97.5 Å². The number of aromatic hydroxyl groups is 4. The molecule has 0 fully saturated rings. The van der Waals surface area contributed by atoms with Crippen molar-refractivity contribution in [2.45, 2.75) is 333 Å². The Kier molecular flexibility index (Phi) is 55.0. The number of phenols is 4. The number of nitrogens with two attached hydrogens (primary N) is 1. The van der Waals surface area contributed by atoms with Gasteiger partial charge >= 0.3 is 5.97 Å². The molecular weight excluding hydrogens is 1770 g/mol. The molecule has 35 nitrogen and oxygen atoms in total. The number of nitrogens with zero attached hydrogens (tertiary/aromatic N) is 4. The quantitative estimate of drug-likeness (QED) is 0.0183. The molecule has 2 aliphatic heterocycles. The number of aliphatic hydroxyl groups is 6. The second-order valence-electron chi connectivity index (χ2n) is 36.5. The zero-order chi connectivity index (χ0) is 102. The Bertz CT molecular complexity index is 4530. The maximum atomic E-state index is 14.2. The number of unbranched alkanes of at least 4 members (excludes halogenated alkanes) is 24. The lowest BCUT2D eigenvalue weighted by Gasteiger charge is -2.30. The van der Waals surface area contributed by atoms with E-state index in [0.29, 0.717) is 24.0 Å². The van der Waals surface area contributed by atoms with Crippen molar-refractivity contribution in [2.24, 2.45) is 17.6 Å². The Morgan fingerprint density at radius 1 is 0.409 bits per heavy atom. The van der Waals surface area contributed by atoms with Crippen LogP contribution in [-0.4, -0.2) is 274 Å². The Balaban J connectivity index is 0.000000541. The number of carbonyl (C=O) groups excluding carboxylic acids is 13. The van der Waals surface area contributed by atoms with Crippen molar-refractivity contribution in [2.75, 3.05) is 67.7 Å². The van der Waals surface area contributed by atoms with Crippen molar-refractivity contribution in [1.29, 1.82) is 0 Å². The van der Waals surface area contributed by atoms with Crippen LogP contribution in [0.4, 0.5) is 0 Å². The molecule has 8 bridgehead atoms. The minimum atomic E-state index is -1.36. The Morgan fingerprint density at radius 3 is 1.04 bits per heavy atom. The van der Waals surface area contributed by atoms with Crippen LogP contribution in [0.3, 0.4) is 0 Å². The van der Waals surface area contributed by atoms with Gasteiger partial charge in [0.15, 0.2) is 23.1 Å². The van der Waals surface area contributed by atoms with Crippen molar-refractivity contribution in [3.05, 3.63) is 95.1 Å². The lowest BCUT2D eigenvalue weighted by molar-refractivity contribution is -0.143. The normalized spacial score (nSPS) is 17.4. The highest BCUT2D eigenvalue weighted by atomic mass is 16.4. The van der Waals surface area contributed by atoms with E-state index in [1.807, 2.05) is 0 Å². The van der Waals surface area contributed by atoms with Gasteiger partial charge in [0.2, 0.25) is 53.2 Å². The van der Waals surface area contributed by atoms with E-state index < -0.39 is 175 Å². The number of likely N-dealkylation sites (N-methyl/N-ethyl adjacent to an activating group) is 4. The summed E-state index contributed by atoms with van der Waals surface area (Å²) in [6, 6.07) is 7.18. The summed E-state index contributed by atoms with van der Waals surface area (Å²) in [4.78, 5) is 191. The summed E-state index contributed by atoms with van der Waals surface area (Å²) < 4.78 is 0. The average Bonchev–Trinajstić information content (AvgIpc) is 0.786. The van der Waals surface area contributed by atoms with Crippen LogP contribution in [0.1, 0.15) is 294 Å². The number of amides is 9. The number of aliphatic carboxylic acids is 1. The third kappa shape index (κ3) is 40.6. The number of carbonyl (C=O) groups is 14. The number of carboxylic acid groups (broad SMARTS) is 1. The van der Waals surface area contributed by atoms with Crippen LogP contribution in [0.25, 0.3) is 22.3 Å². The highest BCUT2D eigenvalue weighted by molar-refractivity contribution is 5.99. The third-order valence-corrected chi connectivity index (χ3v) is 25.3. The second kappa shape index (κ2) is 63.6. The molecule has 4 aromatic rings. The van der Waals surface area contributed by atoms with Crippen LogP contribution < -0.4 is 32.3 Å². The first-order chi connectivity index (χ1) is 65.2. The van der Waals surface area contributed by atoms with Crippen molar-refractivity contribution >= 4 is 82.3 Å². The summed E-state index contributed by atoms with van der Waals surface area (Å²) >= 11 is 0. The molecule has 9 amide bonds. The maximum Gasteiger partial charge on any atom is 0.326 e. The molecule has 764 valence electrons. The molecule has 18 N–H and O–H groups in total. The fourth-order valence-corrected chi connectivity index (χ4v) is 16.3. The molecule has 2 heterocycles. The first-order valence-corrected chi connectivity index (χ1v) is 48.9. The van der Waals surface area contributed by atoms with Crippen LogP contribution >= 0.6 is 0 Å². The Labute approximate surface area is 806 Å². The molecule has 35 heteroatoms. The standard InChI is InChI=1S/C51H77N5O12.C48H70N4O11.C3H9NO2/c1-6-7-8-9-10-11-12-13-14-15-16-17-18-19-46(64)55(4)41(32-58)51(68)53-34(3)42(60)24-25-47(65)56(5)48-36-21-23-44(62)39(29-36)38-27-35(20-22-43(38)61)28-40(50(67)52-30-37(59)31-57)54-49(66)33(2)26-45(48)63;1-6-7-8-9-10-11-12-13-14-15-16-17-18-19-43(58)51(4)38(30-53)47(61)49-32(3)39(54)24-25-44(59)52(5)45-34-21-23-41(56)36(29-34)35-27-33(20-22-40(35)55)28-37(48(62)63)50-46(60)31(2)26-42(45)57;4-1-3(6)2-5/h20-23,27,29,33-34,37,40-41,48,57-59,61-62H,6-19,24-26,28,30-32H2,1-5H3,(H,52,67)(H,53,68)(H,54,66);20-23,27,29,31-32,37-38,45,53,55-56H,6-19,24-26,28,30H2,1-5H3,(H,49,61)(H,50,60)(H,62,63);3,5-6H,1-2,4H2/t33-,34-,37?,40?,41?,48+;31-,32-,37?,38?,45+;/m11./s1. The summed E-state index contributed by atoms with van der Waals surface area (Å²) in [6.45, 7) is 7.91. The summed E-state index contributed by atoms with van der Waals surface area (Å²) in [7, 11) is 5.59. The van der Waals surface area contributed by atoms with Gasteiger partial charge in [-0.1, -0.05) is 206 Å². The van der Waals surface area contributed by atoms with Crippen LogP contribution in [0.5, 0.6) is 23.0 Å². The van der Waals surface area contributed by atoms with Crippen LogP contribution in [0, 0.1) is 11.8 Å². The predicted molar refractivity (Wildman–Crippen MR) is 518 cm³/mol. The van der Waals surface area contributed by atoms with Crippen LogP contribution in [-0.2, 0) is 80.0 Å². The molecule has 0 aliphatic carbocycles. The first kappa shape index (κ1) is 118. The Hall–Kier alpha value is -10.8. The van der Waals surface area contributed by atoms with Gasteiger partial charge < -0.3 is 108 Å². The highest BCUT2D eigenvalue weighted by Gasteiger charge is 2.38. The molecule has 6 unspecified atom stereocenters. The van der Waals surface area contributed by atoms with Crippen molar-refractivity contribution in [3.8, 4) is 45.3 Å². The topological polar surface area (TPSA) is 561 Å². The maximum absolute atomic E-state index is 14.2. The highest BCUT2D eigenvalue weighted by Crippen LogP contribution is 2.42. The van der Waals surface area contributed by atoms with Gasteiger partial charge in [-0.3, -0.25) is 62.3 Å². The number of carboxylic acids is 1. The van der Waals surface area contributed by atoms with E-state index in [-0.39, 0.29) is 139 Å². The van der Waals surface area contributed by atoms with Gasteiger partial charge in [0.1, 0.15) is 59.2 Å². The van der Waals surface area contributed by atoms with Gasteiger partial charge in [0.25, 0.3) is 0 Å². The monoisotopic (exact) mass is 1920 g/mol. The summed E-state index contributed by atoms with van der Waals surface area (Å²) in [5, 5.41) is 122. The van der Waals surface area contributed by atoms with E-state index in [1.165, 1.54) is 254 Å². The van der Waals surface area contributed by atoms with Gasteiger partial charge in [0.05, 0.1) is 50.7 Å². The molecule has 137 heavy (non-hydrogen) atoms.